The standard InChI is InChI=1S/C9H13NO3S/c1-5-4-13-9(10-5)14-7(3)6(2)8(11)12/h4,6-7H,1-3H3,(H,11,12). The molecule has 0 saturated carbocycles. The van der Waals surface area contributed by atoms with E-state index in [4.69, 9.17) is 9.52 Å². The van der Waals surface area contributed by atoms with Crippen LogP contribution in [0.25, 0.3) is 0 Å². The Balaban J connectivity index is 2.56. The van der Waals surface area contributed by atoms with Crippen molar-refractivity contribution in [1.82, 2.24) is 4.98 Å². The first-order chi connectivity index (χ1) is 6.50. The van der Waals surface area contributed by atoms with E-state index in [1.165, 1.54) is 11.8 Å². The Morgan fingerprint density at radius 3 is 2.71 bits per heavy atom. The topological polar surface area (TPSA) is 63.3 Å². The summed E-state index contributed by atoms with van der Waals surface area (Å²) in [5, 5.41) is 9.25. The highest BCUT2D eigenvalue weighted by molar-refractivity contribution is 7.99. The molecule has 78 valence electrons. The van der Waals surface area contributed by atoms with E-state index >= 15 is 0 Å². The number of oxazole rings is 1. The van der Waals surface area contributed by atoms with E-state index in [1.807, 2.05) is 13.8 Å². The molecule has 0 aromatic carbocycles. The minimum atomic E-state index is -0.798. The number of hydrogen-bond acceptors (Lipinski definition) is 4. The normalized spacial score (nSPS) is 15.1. The van der Waals surface area contributed by atoms with E-state index in [-0.39, 0.29) is 5.25 Å². The fraction of sp³-hybridized carbons (Fsp3) is 0.556. The van der Waals surface area contributed by atoms with Gasteiger partial charge in [-0.15, -0.1) is 0 Å². The molecular weight excluding hydrogens is 202 g/mol. The Bertz CT molecular complexity index is 324. The molecule has 0 amide bonds. The molecule has 1 aromatic rings. The maximum Gasteiger partial charge on any atom is 0.307 e. The van der Waals surface area contributed by atoms with Gasteiger partial charge in [0.1, 0.15) is 6.26 Å². The van der Waals surface area contributed by atoms with Crippen LogP contribution in [-0.4, -0.2) is 21.3 Å². The van der Waals surface area contributed by atoms with Gasteiger partial charge in [-0.25, -0.2) is 4.98 Å². The lowest BCUT2D eigenvalue weighted by atomic mass is 10.1. The Hall–Kier alpha value is -0.970. The van der Waals surface area contributed by atoms with Gasteiger partial charge >= 0.3 is 5.97 Å². The maximum absolute atomic E-state index is 10.7. The summed E-state index contributed by atoms with van der Waals surface area (Å²) in [6.45, 7) is 5.36. The number of thioether (sulfide) groups is 1. The van der Waals surface area contributed by atoms with Gasteiger partial charge in [-0.1, -0.05) is 25.6 Å². The largest absolute Gasteiger partial charge is 0.481 e. The highest BCUT2D eigenvalue weighted by Crippen LogP contribution is 2.27. The van der Waals surface area contributed by atoms with Crippen molar-refractivity contribution in [3.05, 3.63) is 12.0 Å². The van der Waals surface area contributed by atoms with Crippen LogP contribution in [0.4, 0.5) is 0 Å². The van der Waals surface area contributed by atoms with Crippen LogP contribution in [0.15, 0.2) is 15.9 Å². The van der Waals surface area contributed by atoms with Gasteiger partial charge in [-0.2, -0.15) is 0 Å². The van der Waals surface area contributed by atoms with Crippen molar-refractivity contribution in [1.29, 1.82) is 0 Å². The number of aromatic nitrogens is 1. The Labute approximate surface area is 86.7 Å². The summed E-state index contributed by atoms with van der Waals surface area (Å²) in [6, 6.07) is 0. The van der Waals surface area contributed by atoms with Crippen LogP contribution in [-0.2, 0) is 4.79 Å². The second-order valence-electron chi connectivity index (χ2n) is 3.20. The SMILES string of the molecule is Cc1coc(SC(C)C(C)C(=O)O)n1. The van der Waals surface area contributed by atoms with Gasteiger partial charge in [-0.3, -0.25) is 4.79 Å². The third-order valence-electron chi connectivity index (χ3n) is 1.98. The second kappa shape index (κ2) is 4.50. The van der Waals surface area contributed by atoms with E-state index < -0.39 is 11.9 Å². The van der Waals surface area contributed by atoms with Crippen LogP contribution in [0, 0.1) is 12.8 Å². The zero-order chi connectivity index (χ0) is 10.7. The average Bonchev–Trinajstić information content (AvgIpc) is 2.49. The van der Waals surface area contributed by atoms with Gasteiger partial charge in [0.25, 0.3) is 5.22 Å². The molecule has 0 spiro atoms. The van der Waals surface area contributed by atoms with Crippen LogP contribution in [0.2, 0.25) is 0 Å². The van der Waals surface area contributed by atoms with Gasteiger partial charge < -0.3 is 9.52 Å². The Kier molecular flexibility index (Phi) is 3.57. The molecule has 5 heteroatoms. The maximum atomic E-state index is 10.7. The molecule has 0 radical (unpaired) electrons. The number of carbonyl (C=O) groups is 1. The molecule has 14 heavy (non-hydrogen) atoms. The molecule has 1 N–H and O–H groups in total. The summed E-state index contributed by atoms with van der Waals surface area (Å²) in [4.78, 5) is 14.8. The second-order valence-corrected chi connectivity index (χ2v) is 4.53. The molecular formula is C9H13NO3S. The zero-order valence-corrected chi connectivity index (χ0v) is 9.17. The number of hydrogen-bond donors (Lipinski definition) is 1. The van der Waals surface area contributed by atoms with Crippen molar-refractivity contribution in [2.45, 2.75) is 31.2 Å². The van der Waals surface area contributed by atoms with Crippen molar-refractivity contribution in [2.75, 3.05) is 0 Å². The summed E-state index contributed by atoms with van der Waals surface area (Å²) in [5.74, 6) is -1.21. The number of aliphatic carboxylic acids is 1. The Morgan fingerprint density at radius 1 is 1.64 bits per heavy atom. The molecule has 1 aromatic heterocycles. The van der Waals surface area contributed by atoms with E-state index in [2.05, 4.69) is 4.98 Å². The van der Waals surface area contributed by atoms with Crippen LogP contribution in [0.3, 0.4) is 0 Å². The summed E-state index contributed by atoms with van der Waals surface area (Å²) in [7, 11) is 0. The lowest BCUT2D eigenvalue weighted by Crippen LogP contribution is -2.19. The van der Waals surface area contributed by atoms with E-state index in [0.717, 1.165) is 5.69 Å². The molecule has 0 aliphatic carbocycles. The quantitative estimate of drug-likeness (QED) is 0.780. The minimum absolute atomic E-state index is 0.0504. The molecule has 0 aliphatic heterocycles. The smallest absolute Gasteiger partial charge is 0.307 e. The minimum Gasteiger partial charge on any atom is -0.481 e. The van der Waals surface area contributed by atoms with Crippen molar-refractivity contribution in [2.24, 2.45) is 5.92 Å². The number of rotatable bonds is 4. The van der Waals surface area contributed by atoms with Crippen molar-refractivity contribution < 1.29 is 14.3 Å². The van der Waals surface area contributed by atoms with Gasteiger partial charge in [0, 0.05) is 5.25 Å². The molecule has 4 nitrogen and oxygen atoms in total. The fourth-order valence-electron chi connectivity index (χ4n) is 0.848. The molecule has 2 unspecified atom stereocenters. The number of nitrogens with zero attached hydrogens (tertiary/aromatic N) is 1. The first-order valence-corrected chi connectivity index (χ1v) is 5.20. The summed E-state index contributed by atoms with van der Waals surface area (Å²) in [6.07, 6.45) is 1.56. The molecule has 1 heterocycles. The molecule has 1 rings (SSSR count). The number of carboxylic acids is 1. The molecule has 0 aliphatic rings. The van der Waals surface area contributed by atoms with Crippen molar-refractivity contribution in [3.8, 4) is 0 Å². The van der Waals surface area contributed by atoms with Crippen molar-refractivity contribution >= 4 is 17.7 Å². The van der Waals surface area contributed by atoms with Crippen LogP contribution in [0.1, 0.15) is 19.5 Å². The van der Waals surface area contributed by atoms with Crippen LogP contribution in [0.5, 0.6) is 0 Å². The summed E-state index contributed by atoms with van der Waals surface area (Å²) < 4.78 is 5.12. The Morgan fingerprint density at radius 2 is 2.29 bits per heavy atom. The van der Waals surface area contributed by atoms with Gasteiger partial charge in [0.2, 0.25) is 0 Å². The molecule has 0 bridgehead atoms. The van der Waals surface area contributed by atoms with E-state index in [0.29, 0.717) is 5.22 Å². The third kappa shape index (κ3) is 2.77. The monoisotopic (exact) mass is 215 g/mol. The van der Waals surface area contributed by atoms with Gasteiger partial charge in [0.05, 0.1) is 11.6 Å². The highest BCUT2D eigenvalue weighted by Gasteiger charge is 2.21. The van der Waals surface area contributed by atoms with Gasteiger partial charge in [0.15, 0.2) is 0 Å². The van der Waals surface area contributed by atoms with E-state index in [1.54, 1.807) is 13.2 Å². The highest BCUT2D eigenvalue weighted by atomic mass is 32.2. The number of carboxylic acid groups (broad SMARTS) is 1. The predicted molar refractivity (Wildman–Crippen MR) is 53.4 cm³/mol. The third-order valence-corrected chi connectivity index (χ3v) is 3.15. The van der Waals surface area contributed by atoms with Crippen LogP contribution >= 0.6 is 11.8 Å². The average molecular weight is 215 g/mol. The fourth-order valence-corrected chi connectivity index (χ4v) is 1.79. The molecule has 0 saturated heterocycles. The lowest BCUT2D eigenvalue weighted by Gasteiger charge is -2.12. The lowest BCUT2D eigenvalue weighted by molar-refractivity contribution is -0.140. The van der Waals surface area contributed by atoms with Crippen LogP contribution < -0.4 is 0 Å². The van der Waals surface area contributed by atoms with Gasteiger partial charge in [-0.05, 0) is 6.92 Å². The molecule has 2 atom stereocenters. The van der Waals surface area contributed by atoms with Crippen molar-refractivity contribution in [3.63, 3.8) is 0 Å². The summed E-state index contributed by atoms with van der Waals surface area (Å²) in [5.41, 5.74) is 0.808. The predicted octanol–water partition coefficient (Wildman–Crippen LogP) is 2.18. The zero-order valence-electron chi connectivity index (χ0n) is 8.35. The van der Waals surface area contributed by atoms with E-state index in [9.17, 15) is 4.79 Å². The summed E-state index contributed by atoms with van der Waals surface area (Å²) >= 11 is 1.34. The first kappa shape index (κ1) is 11.1. The molecule has 0 fully saturated rings. The number of aryl methyl sites for hydroxylation is 1. The first-order valence-electron chi connectivity index (χ1n) is 4.32.